The second-order valence-electron chi connectivity index (χ2n) is 3.70. The Kier molecular flexibility index (Phi) is 3.81. The van der Waals surface area contributed by atoms with Crippen molar-refractivity contribution in [3.05, 3.63) is 52.1 Å². The number of anilines is 1. The maximum atomic E-state index is 13.3. The molecule has 94 valence electrons. The molecule has 1 amide bonds. The number of halogens is 2. The van der Waals surface area contributed by atoms with Crippen molar-refractivity contribution in [2.24, 2.45) is 0 Å². The van der Waals surface area contributed by atoms with Crippen molar-refractivity contribution in [3.63, 3.8) is 0 Å². The standard InChI is InChI=1S/C13H11BrFNO2/c1-2-9-4-6-12(18-9)13(17)16-8-3-5-10(14)11(15)7-8/h3-7H,2H2,1H3,(H,16,17). The van der Waals surface area contributed by atoms with Gasteiger partial charge in [0.25, 0.3) is 5.91 Å². The Balaban J connectivity index is 2.13. The molecular weight excluding hydrogens is 301 g/mol. The molecule has 0 bridgehead atoms. The molecule has 0 saturated heterocycles. The molecule has 2 aromatic rings. The van der Waals surface area contributed by atoms with E-state index in [1.807, 2.05) is 6.92 Å². The Labute approximate surface area is 112 Å². The lowest BCUT2D eigenvalue weighted by Crippen LogP contribution is -2.11. The van der Waals surface area contributed by atoms with Crippen LogP contribution in [0.25, 0.3) is 0 Å². The first-order chi connectivity index (χ1) is 8.60. The molecule has 2 rings (SSSR count). The number of carbonyl (C=O) groups is 1. The minimum atomic E-state index is -0.429. The average molecular weight is 312 g/mol. The zero-order valence-electron chi connectivity index (χ0n) is 9.67. The van der Waals surface area contributed by atoms with Crippen LogP contribution in [0.1, 0.15) is 23.2 Å². The average Bonchev–Trinajstić information content (AvgIpc) is 2.82. The number of carbonyl (C=O) groups excluding carboxylic acids is 1. The summed E-state index contributed by atoms with van der Waals surface area (Å²) in [5, 5.41) is 2.57. The van der Waals surface area contributed by atoms with Crippen molar-refractivity contribution in [1.29, 1.82) is 0 Å². The molecular formula is C13H11BrFNO2. The predicted molar refractivity (Wildman–Crippen MR) is 70.1 cm³/mol. The maximum Gasteiger partial charge on any atom is 0.291 e. The summed E-state index contributed by atoms with van der Waals surface area (Å²) in [6.07, 6.45) is 0.722. The topological polar surface area (TPSA) is 42.2 Å². The molecule has 0 aliphatic carbocycles. The molecule has 0 spiro atoms. The molecule has 18 heavy (non-hydrogen) atoms. The first-order valence-corrected chi connectivity index (χ1v) is 6.24. The van der Waals surface area contributed by atoms with Crippen LogP contribution >= 0.6 is 15.9 Å². The molecule has 0 atom stereocenters. The first-order valence-electron chi connectivity index (χ1n) is 5.45. The van der Waals surface area contributed by atoms with E-state index >= 15 is 0 Å². The number of nitrogens with one attached hydrogen (secondary N) is 1. The van der Waals surface area contributed by atoms with Gasteiger partial charge >= 0.3 is 0 Å². The highest BCUT2D eigenvalue weighted by molar-refractivity contribution is 9.10. The van der Waals surface area contributed by atoms with E-state index in [0.29, 0.717) is 10.2 Å². The van der Waals surface area contributed by atoms with Gasteiger partial charge in [0, 0.05) is 12.1 Å². The SMILES string of the molecule is CCc1ccc(C(=O)Nc2ccc(Br)c(F)c2)o1. The minimum absolute atomic E-state index is 0.218. The van der Waals surface area contributed by atoms with Gasteiger partial charge in [0.15, 0.2) is 5.76 Å². The van der Waals surface area contributed by atoms with Crippen molar-refractivity contribution >= 4 is 27.5 Å². The quantitative estimate of drug-likeness (QED) is 0.931. The highest BCUT2D eigenvalue weighted by atomic mass is 79.9. The van der Waals surface area contributed by atoms with Crippen LogP contribution in [-0.4, -0.2) is 5.91 Å². The van der Waals surface area contributed by atoms with Gasteiger partial charge in [0.05, 0.1) is 4.47 Å². The lowest BCUT2D eigenvalue weighted by atomic mass is 10.3. The fourth-order valence-electron chi connectivity index (χ4n) is 1.46. The minimum Gasteiger partial charge on any atom is -0.456 e. The Bertz CT molecular complexity index is 580. The molecule has 0 fully saturated rings. The van der Waals surface area contributed by atoms with E-state index in [1.54, 1.807) is 18.2 Å². The Hall–Kier alpha value is -1.62. The van der Waals surface area contributed by atoms with Crippen LogP contribution in [0, 0.1) is 5.82 Å². The van der Waals surface area contributed by atoms with E-state index in [9.17, 15) is 9.18 Å². The summed E-state index contributed by atoms with van der Waals surface area (Å²) >= 11 is 3.05. The van der Waals surface area contributed by atoms with Crippen LogP contribution in [0.4, 0.5) is 10.1 Å². The van der Waals surface area contributed by atoms with Crippen molar-refractivity contribution in [1.82, 2.24) is 0 Å². The fraction of sp³-hybridized carbons (Fsp3) is 0.154. The third-order valence-corrected chi connectivity index (χ3v) is 3.05. The van der Waals surface area contributed by atoms with Gasteiger partial charge in [0.2, 0.25) is 0 Å². The Morgan fingerprint density at radius 3 is 2.78 bits per heavy atom. The molecule has 0 aliphatic heterocycles. The first kappa shape index (κ1) is 12.8. The smallest absolute Gasteiger partial charge is 0.291 e. The van der Waals surface area contributed by atoms with Crippen LogP contribution in [0.3, 0.4) is 0 Å². The molecule has 1 aromatic heterocycles. The maximum absolute atomic E-state index is 13.3. The van der Waals surface area contributed by atoms with Crippen molar-refractivity contribution in [2.45, 2.75) is 13.3 Å². The number of furan rings is 1. The van der Waals surface area contributed by atoms with Crippen LogP contribution in [0.5, 0.6) is 0 Å². The summed E-state index contributed by atoms with van der Waals surface area (Å²) in [6.45, 7) is 1.94. The highest BCUT2D eigenvalue weighted by Gasteiger charge is 2.11. The van der Waals surface area contributed by atoms with Crippen molar-refractivity contribution in [2.75, 3.05) is 5.32 Å². The normalized spacial score (nSPS) is 10.4. The zero-order valence-corrected chi connectivity index (χ0v) is 11.3. The van der Waals surface area contributed by atoms with E-state index in [4.69, 9.17) is 4.42 Å². The molecule has 5 heteroatoms. The van der Waals surface area contributed by atoms with Gasteiger partial charge in [-0.1, -0.05) is 6.92 Å². The summed E-state index contributed by atoms with van der Waals surface area (Å²) in [4.78, 5) is 11.8. The predicted octanol–water partition coefficient (Wildman–Crippen LogP) is 4.00. The van der Waals surface area contributed by atoms with Gasteiger partial charge < -0.3 is 9.73 Å². The molecule has 0 unspecified atom stereocenters. The van der Waals surface area contributed by atoms with Crippen LogP contribution < -0.4 is 5.32 Å². The van der Waals surface area contributed by atoms with Gasteiger partial charge in [0.1, 0.15) is 11.6 Å². The summed E-state index contributed by atoms with van der Waals surface area (Å²) in [6, 6.07) is 7.73. The zero-order chi connectivity index (χ0) is 13.1. The number of amides is 1. The highest BCUT2D eigenvalue weighted by Crippen LogP contribution is 2.20. The third-order valence-electron chi connectivity index (χ3n) is 2.41. The van der Waals surface area contributed by atoms with Gasteiger partial charge in [-0.3, -0.25) is 4.79 Å². The van der Waals surface area contributed by atoms with E-state index in [2.05, 4.69) is 21.2 Å². The van der Waals surface area contributed by atoms with Crippen LogP contribution in [-0.2, 0) is 6.42 Å². The lowest BCUT2D eigenvalue weighted by Gasteiger charge is -2.04. The van der Waals surface area contributed by atoms with Gasteiger partial charge in [-0.25, -0.2) is 4.39 Å². The number of hydrogen-bond acceptors (Lipinski definition) is 2. The number of aryl methyl sites for hydroxylation is 1. The molecule has 1 aromatic carbocycles. The summed E-state index contributed by atoms with van der Waals surface area (Å²) < 4.78 is 18.9. The van der Waals surface area contributed by atoms with Crippen molar-refractivity contribution in [3.8, 4) is 0 Å². The van der Waals surface area contributed by atoms with Gasteiger partial charge in [-0.05, 0) is 46.3 Å². The second kappa shape index (κ2) is 5.35. The molecule has 0 saturated carbocycles. The van der Waals surface area contributed by atoms with Gasteiger partial charge in [-0.15, -0.1) is 0 Å². The van der Waals surface area contributed by atoms with Crippen LogP contribution in [0.15, 0.2) is 39.2 Å². The van der Waals surface area contributed by atoms with E-state index in [-0.39, 0.29) is 5.76 Å². The second-order valence-corrected chi connectivity index (χ2v) is 4.56. The molecule has 1 N–H and O–H groups in total. The molecule has 0 radical (unpaired) electrons. The fourth-order valence-corrected chi connectivity index (χ4v) is 1.70. The monoisotopic (exact) mass is 311 g/mol. The van der Waals surface area contributed by atoms with E-state index in [1.165, 1.54) is 12.1 Å². The summed E-state index contributed by atoms with van der Waals surface area (Å²) in [5.41, 5.74) is 0.384. The summed E-state index contributed by atoms with van der Waals surface area (Å²) in [5.74, 6) is 0.134. The lowest BCUT2D eigenvalue weighted by molar-refractivity contribution is 0.0995. The molecule has 1 heterocycles. The number of rotatable bonds is 3. The number of hydrogen-bond donors (Lipinski definition) is 1. The Morgan fingerprint density at radius 1 is 1.39 bits per heavy atom. The van der Waals surface area contributed by atoms with Gasteiger partial charge in [-0.2, -0.15) is 0 Å². The number of benzene rings is 1. The van der Waals surface area contributed by atoms with Crippen LogP contribution in [0.2, 0.25) is 0 Å². The molecule has 3 nitrogen and oxygen atoms in total. The summed E-state index contributed by atoms with van der Waals surface area (Å²) in [7, 11) is 0. The molecule has 0 aliphatic rings. The largest absolute Gasteiger partial charge is 0.456 e. The van der Waals surface area contributed by atoms with Crippen molar-refractivity contribution < 1.29 is 13.6 Å². The Morgan fingerprint density at radius 2 is 2.17 bits per heavy atom. The van der Waals surface area contributed by atoms with E-state index in [0.717, 1.165) is 12.2 Å². The van der Waals surface area contributed by atoms with E-state index < -0.39 is 11.7 Å². The third kappa shape index (κ3) is 2.79.